The van der Waals surface area contributed by atoms with Crippen LogP contribution in [0.3, 0.4) is 0 Å². The van der Waals surface area contributed by atoms with Crippen molar-refractivity contribution in [3.8, 4) is 0 Å². The van der Waals surface area contributed by atoms with Gasteiger partial charge in [-0.25, -0.2) is 0 Å². The van der Waals surface area contributed by atoms with Crippen LogP contribution in [-0.2, 0) is 19.5 Å². The minimum atomic E-state index is 0.889. The highest BCUT2D eigenvalue weighted by Crippen LogP contribution is 2.05. The summed E-state index contributed by atoms with van der Waals surface area (Å²) in [5.74, 6) is 0. The van der Waals surface area contributed by atoms with Crippen LogP contribution < -0.4 is 5.32 Å². The van der Waals surface area contributed by atoms with Crippen LogP contribution in [0.25, 0.3) is 0 Å². The molecule has 0 saturated heterocycles. The van der Waals surface area contributed by atoms with Crippen molar-refractivity contribution < 1.29 is 0 Å². The Bertz CT molecular complexity index is 529. The van der Waals surface area contributed by atoms with Gasteiger partial charge in [0.05, 0.1) is 11.4 Å². The summed E-state index contributed by atoms with van der Waals surface area (Å²) in [4.78, 5) is 0. The van der Waals surface area contributed by atoms with Crippen molar-refractivity contribution in [3.05, 3.63) is 52.8 Å². The minimum absolute atomic E-state index is 0.889. The molecule has 102 valence electrons. The fraction of sp³-hybridized carbons (Fsp3) is 0.438. The number of benzene rings is 1. The van der Waals surface area contributed by atoms with E-state index in [1.165, 1.54) is 16.8 Å². The molecule has 2 rings (SSSR count). The molecule has 0 saturated carbocycles. The zero-order valence-electron chi connectivity index (χ0n) is 12.1. The first kappa shape index (κ1) is 13.8. The molecule has 0 unspecified atom stereocenters. The summed E-state index contributed by atoms with van der Waals surface area (Å²) in [6.07, 6.45) is 1.07. The lowest BCUT2D eigenvalue weighted by molar-refractivity contribution is 0.580. The lowest BCUT2D eigenvalue weighted by atomic mass is 10.1. The third kappa shape index (κ3) is 3.93. The van der Waals surface area contributed by atoms with Gasteiger partial charge in [-0.05, 0) is 45.4 Å². The van der Waals surface area contributed by atoms with E-state index in [0.29, 0.717) is 0 Å². The maximum atomic E-state index is 4.45. The van der Waals surface area contributed by atoms with E-state index < -0.39 is 0 Å². The molecule has 0 amide bonds. The third-order valence-corrected chi connectivity index (χ3v) is 3.26. The number of rotatable bonds is 6. The Kier molecular flexibility index (Phi) is 4.74. The summed E-state index contributed by atoms with van der Waals surface area (Å²) in [7, 11) is 0. The fourth-order valence-electron chi connectivity index (χ4n) is 2.33. The van der Waals surface area contributed by atoms with Gasteiger partial charge in [-0.1, -0.05) is 29.8 Å². The Balaban J connectivity index is 1.80. The average Bonchev–Trinajstić information content (AvgIpc) is 2.75. The van der Waals surface area contributed by atoms with E-state index in [9.17, 15) is 0 Å². The van der Waals surface area contributed by atoms with Gasteiger partial charge in [-0.2, -0.15) is 5.10 Å². The van der Waals surface area contributed by atoms with Gasteiger partial charge in [-0.3, -0.25) is 4.68 Å². The zero-order valence-corrected chi connectivity index (χ0v) is 12.1. The van der Waals surface area contributed by atoms with E-state index in [-0.39, 0.29) is 0 Å². The lowest BCUT2D eigenvalue weighted by Gasteiger charge is -2.07. The number of aromatic nitrogens is 2. The van der Waals surface area contributed by atoms with E-state index in [0.717, 1.165) is 31.7 Å². The Hall–Kier alpha value is -1.61. The summed E-state index contributed by atoms with van der Waals surface area (Å²) >= 11 is 0. The number of hydrogen-bond acceptors (Lipinski definition) is 2. The van der Waals surface area contributed by atoms with Gasteiger partial charge in [0.1, 0.15) is 0 Å². The van der Waals surface area contributed by atoms with Crippen LogP contribution in [0, 0.1) is 13.8 Å². The number of nitrogens with one attached hydrogen (secondary N) is 1. The Morgan fingerprint density at radius 3 is 2.79 bits per heavy atom. The molecule has 3 nitrogen and oxygen atoms in total. The normalized spacial score (nSPS) is 10.9. The number of nitrogens with zero attached hydrogens (tertiary/aromatic N) is 2. The van der Waals surface area contributed by atoms with E-state index in [1.807, 2.05) is 6.92 Å². The fourth-order valence-corrected chi connectivity index (χ4v) is 2.33. The molecule has 2 aromatic rings. The second kappa shape index (κ2) is 6.53. The minimum Gasteiger partial charge on any atom is -0.311 e. The molecule has 0 aliphatic heterocycles. The summed E-state index contributed by atoms with van der Waals surface area (Å²) < 4.78 is 2.06. The van der Waals surface area contributed by atoms with Crippen LogP contribution in [0.15, 0.2) is 30.3 Å². The van der Waals surface area contributed by atoms with Crippen LogP contribution in [-0.4, -0.2) is 16.3 Å². The number of hydrogen-bond donors (Lipinski definition) is 1. The molecular formula is C16H23N3. The molecule has 0 aliphatic carbocycles. The Morgan fingerprint density at radius 2 is 2.05 bits per heavy atom. The predicted octanol–water partition coefficient (Wildman–Crippen LogP) is 2.85. The van der Waals surface area contributed by atoms with Gasteiger partial charge in [0, 0.05) is 13.1 Å². The standard InChI is InChI=1S/C16H23N3/c1-4-19-16(11-14(3)18-19)12-17-9-8-15-7-5-6-13(2)10-15/h5-7,10-11,17H,4,8-9,12H2,1-3H3. The van der Waals surface area contributed by atoms with Crippen LogP contribution in [0.1, 0.15) is 29.4 Å². The maximum absolute atomic E-state index is 4.45. The monoisotopic (exact) mass is 257 g/mol. The molecule has 19 heavy (non-hydrogen) atoms. The summed E-state index contributed by atoms with van der Waals surface area (Å²) in [6.45, 7) is 9.13. The molecule has 1 N–H and O–H groups in total. The second-order valence-corrected chi connectivity index (χ2v) is 5.01. The largest absolute Gasteiger partial charge is 0.311 e. The van der Waals surface area contributed by atoms with Crippen LogP contribution in [0.5, 0.6) is 0 Å². The van der Waals surface area contributed by atoms with Crippen molar-refractivity contribution in [1.29, 1.82) is 0 Å². The van der Waals surface area contributed by atoms with E-state index >= 15 is 0 Å². The van der Waals surface area contributed by atoms with Crippen molar-refractivity contribution in [3.63, 3.8) is 0 Å². The van der Waals surface area contributed by atoms with Crippen molar-refractivity contribution in [1.82, 2.24) is 15.1 Å². The highest BCUT2D eigenvalue weighted by molar-refractivity contribution is 5.22. The smallest absolute Gasteiger partial charge is 0.0597 e. The molecular weight excluding hydrogens is 234 g/mol. The lowest BCUT2D eigenvalue weighted by Crippen LogP contribution is -2.19. The first-order valence-corrected chi connectivity index (χ1v) is 6.98. The van der Waals surface area contributed by atoms with Gasteiger partial charge < -0.3 is 5.32 Å². The topological polar surface area (TPSA) is 29.9 Å². The van der Waals surface area contributed by atoms with Gasteiger partial charge in [0.2, 0.25) is 0 Å². The van der Waals surface area contributed by atoms with Crippen LogP contribution >= 0.6 is 0 Å². The van der Waals surface area contributed by atoms with Crippen molar-refractivity contribution >= 4 is 0 Å². The predicted molar refractivity (Wildman–Crippen MR) is 79.2 cm³/mol. The quantitative estimate of drug-likeness (QED) is 0.806. The molecule has 1 aromatic heterocycles. The third-order valence-electron chi connectivity index (χ3n) is 3.26. The van der Waals surface area contributed by atoms with Crippen molar-refractivity contribution in [2.45, 2.75) is 40.3 Å². The molecule has 1 heterocycles. The molecule has 0 aliphatic rings. The highest BCUT2D eigenvalue weighted by Gasteiger charge is 2.03. The molecule has 3 heteroatoms. The Labute approximate surface area is 115 Å². The molecule has 0 radical (unpaired) electrons. The average molecular weight is 257 g/mol. The first-order chi connectivity index (χ1) is 9.19. The summed E-state index contributed by atoms with van der Waals surface area (Å²) in [5, 5.41) is 7.95. The molecule has 0 fully saturated rings. The Morgan fingerprint density at radius 1 is 1.21 bits per heavy atom. The highest BCUT2D eigenvalue weighted by atomic mass is 15.3. The van der Waals surface area contributed by atoms with E-state index in [2.05, 4.69) is 59.3 Å². The SMILES string of the molecule is CCn1nc(C)cc1CNCCc1cccc(C)c1. The maximum Gasteiger partial charge on any atom is 0.0597 e. The summed E-state index contributed by atoms with van der Waals surface area (Å²) in [5.41, 5.74) is 5.09. The molecule has 0 atom stereocenters. The molecule has 1 aromatic carbocycles. The van der Waals surface area contributed by atoms with Crippen molar-refractivity contribution in [2.75, 3.05) is 6.54 Å². The number of aryl methyl sites for hydroxylation is 3. The second-order valence-electron chi connectivity index (χ2n) is 5.01. The van der Waals surface area contributed by atoms with Gasteiger partial charge in [0.25, 0.3) is 0 Å². The molecule has 0 spiro atoms. The van der Waals surface area contributed by atoms with Gasteiger partial charge >= 0.3 is 0 Å². The zero-order chi connectivity index (χ0) is 13.7. The van der Waals surface area contributed by atoms with E-state index in [4.69, 9.17) is 0 Å². The summed E-state index contributed by atoms with van der Waals surface area (Å²) in [6, 6.07) is 10.9. The van der Waals surface area contributed by atoms with Crippen LogP contribution in [0.4, 0.5) is 0 Å². The van der Waals surface area contributed by atoms with Crippen LogP contribution in [0.2, 0.25) is 0 Å². The van der Waals surface area contributed by atoms with Crippen molar-refractivity contribution in [2.24, 2.45) is 0 Å². The van der Waals surface area contributed by atoms with Gasteiger partial charge in [-0.15, -0.1) is 0 Å². The first-order valence-electron chi connectivity index (χ1n) is 6.98. The molecule has 0 bridgehead atoms. The van der Waals surface area contributed by atoms with E-state index in [1.54, 1.807) is 0 Å². The van der Waals surface area contributed by atoms with Gasteiger partial charge in [0.15, 0.2) is 0 Å².